The van der Waals surface area contributed by atoms with Crippen molar-refractivity contribution in [3.05, 3.63) is 97.2 Å². The summed E-state index contributed by atoms with van der Waals surface area (Å²) >= 11 is 0. The lowest BCUT2D eigenvalue weighted by Gasteiger charge is -2.39. The highest BCUT2D eigenvalue weighted by molar-refractivity contribution is 5.70. The van der Waals surface area contributed by atoms with Gasteiger partial charge in [0.15, 0.2) is 0 Å². The van der Waals surface area contributed by atoms with Crippen molar-refractivity contribution in [2.75, 3.05) is 0 Å². The van der Waals surface area contributed by atoms with E-state index in [4.69, 9.17) is 25.5 Å². The van der Waals surface area contributed by atoms with E-state index in [9.17, 15) is 53.7 Å². The van der Waals surface area contributed by atoms with Crippen LogP contribution >= 0.6 is 0 Å². The van der Waals surface area contributed by atoms with E-state index in [1.165, 1.54) is 116 Å². The summed E-state index contributed by atoms with van der Waals surface area (Å²) in [5, 5.41) is 72.6. The number of rotatable bonds is 69. The molecular formula is C113H210O16. The summed E-state index contributed by atoms with van der Waals surface area (Å²) in [6, 6.07) is 0. The second kappa shape index (κ2) is 92.1. The van der Waals surface area contributed by atoms with Gasteiger partial charge in [-0.15, -0.1) is 0 Å². The van der Waals surface area contributed by atoms with E-state index in [2.05, 4.69) is 140 Å². The van der Waals surface area contributed by atoms with Gasteiger partial charge >= 0.3 is 47.8 Å². The molecule has 0 radical (unpaired) electrons. The second-order valence-electron chi connectivity index (χ2n) is 36.1. The van der Waals surface area contributed by atoms with Crippen LogP contribution in [0.5, 0.6) is 0 Å². The van der Waals surface area contributed by atoms with Crippen molar-refractivity contribution in [2.24, 2.45) is 94.7 Å². The molecule has 0 bridgehead atoms. The molecule has 0 aromatic rings. The lowest BCUT2D eigenvalue weighted by atomic mass is 9.65. The number of allylic oxidation sites excluding steroid dienone is 15. The highest BCUT2D eigenvalue weighted by atomic mass is 16.4. The highest BCUT2D eigenvalue weighted by Crippen LogP contribution is 2.47. The first-order valence-electron chi connectivity index (χ1n) is 49.6. The molecule has 4 aliphatic carbocycles. The van der Waals surface area contributed by atoms with Crippen molar-refractivity contribution in [1.82, 2.24) is 0 Å². The van der Waals surface area contributed by atoms with E-state index in [1.54, 1.807) is 6.08 Å². The quantitative estimate of drug-likeness (QED) is 0.0207. The van der Waals surface area contributed by atoms with Crippen molar-refractivity contribution in [1.29, 1.82) is 0 Å². The molecule has 0 spiro atoms. The maximum absolute atomic E-state index is 11.7. The van der Waals surface area contributed by atoms with Crippen LogP contribution in [-0.4, -0.2) is 88.6 Å². The van der Waals surface area contributed by atoms with Gasteiger partial charge in [0, 0.05) is 44.9 Å². The van der Waals surface area contributed by atoms with Crippen molar-refractivity contribution in [2.45, 2.75) is 481 Å². The molecule has 0 heterocycles. The topological polar surface area (TPSA) is 298 Å². The number of carbonyl (C=O) groups is 8. The molecule has 16 unspecified atom stereocenters. The van der Waals surface area contributed by atoms with Gasteiger partial charge in [-0.2, -0.15) is 0 Å². The zero-order chi connectivity index (χ0) is 89.5. The lowest BCUT2D eigenvalue weighted by Crippen LogP contribution is -2.33. The van der Waals surface area contributed by atoms with E-state index in [-0.39, 0.29) is 140 Å². The lowest BCUT2D eigenvalue weighted by molar-refractivity contribution is -0.140. The van der Waals surface area contributed by atoms with Gasteiger partial charge < -0.3 is 40.9 Å². The van der Waals surface area contributed by atoms with Crippen molar-refractivity contribution in [3.63, 3.8) is 0 Å². The monoisotopic (exact) mass is 1820 g/mol. The molecule has 0 aromatic carbocycles. The van der Waals surface area contributed by atoms with Gasteiger partial charge in [-0.1, -0.05) is 424 Å². The number of aliphatic carboxylic acids is 8. The maximum atomic E-state index is 11.7. The predicted octanol–water partition coefficient (Wildman–Crippen LogP) is 34.5. The maximum Gasteiger partial charge on any atom is 0.307 e. The van der Waals surface area contributed by atoms with Gasteiger partial charge in [0.25, 0.3) is 0 Å². The van der Waals surface area contributed by atoms with E-state index < -0.39 is 47.8 Å². The highest BCUT2D eigenvalue weighted by Gasteiger charge is 2.40. The van der Waals surface area contributed by atoms with E-state index in [1.807, 2.05) is 6.08 Å². The first-order valence-corrected chi connectivity index (χ1v) is 49.6. The molecule has 16 heteroatoms. The number of carboxylic acids is 8. The van der Waals surface area contributed by atoms with Crippen LogP contribution < -0.4 is 0 Å². The fourth-order valence-corrected chi connectivity index (χ4v) is 19.7. The minimum absolute atomic E-state index is 0. The van der Waals surface area contributed by atoms with Gasteiger partial charge in [0.1, 0.15) is 0 Å². The largest absolute Gasteiger partial charge is 0.481 e. The van der Waals surface area contributed by atoms with Crippen molar-refractivity contribution in [3.8, 4) is 0 Å². The number of carboxylic acid groups (broad SMARTS) is 8. The van der Waals surface area contributed by atoms with Crippen LogP contribution in [-0.2, 0) is 38.4 Å². The number of hydrogen-bond donors (Lipinski definition) is 8. The minimum Gasteiger partial charge on any atom is -0.481 e. The summed E-state index contributed by atoms with van der Waals surface area (Å²) in [4.78, 5) is 88.3. The summed E-state index contributed by atoms with van der Waals surface area (Å²) < 4.78 is 0. The van der Waals surface area contributed by atoms with Crippen LogP contribution in [0.1, 0.15) is 481 Å². The molecule has 0 amide bonds. The molecule has 0 saturated carbocycles. The SMILES string of the molecule is C.C.C.C.C.C.C.C.CCC=CC1C(CCCCC)C=CC(CCCCCCCCC(=O)O)C1CC(=O)O.CCC=CC1C(CCCCCCCC(=O)O)C=CC(CCCCCC)C1CC.CCC=CCC1C(CCCCCC)C=CC(CCCCCCCC(=O)O)C1CC(=O)O.CCCCCC1C=CC(CCCCCCCCC(=O)O)C(CC(=O)O)C1C=CCC(=O)O. The van der Waals surface area contributed by atoms with Crippen LogP contribution in [0.2, 0.25) is 0 Å². The molecule has 129 heavy (non-hydrogen) atoms. The third-order valence-corrected chi connectivity index (χ3v) is 26.3. The Hall–Kier alpha value is -6.32. The summed E-state index contributed by atoms with van der Waals surface area (Å²) in [5.41, 5.74) is 0. The van der Waals surface area contributed by atoms with Crippen LogP contribution in [0.4, 0.5) is 0 Å². The van der Waals surface area contributed by atoms with E-state index >= 15 is 0 Å². The Labute approximate surface area is 795 Å². The molecular weight excluding hydrogens is 1610 g/mol. The Kier molecular flexibility index (Phi) is 98.7. The molecule has 0 aliphatic heterocycles. The Morgan fingerprint density at radius 1 is 0.217 bits per heavy atom. The Morgan fingerprint density at radius 2 is 0.434 bits per heavy atom. The van der Waals surface area contributed by atoms with Gasteiger partial charge in [0.2, 0.25) is 0 Å². The van der Waals surface area contributed by atoms with E-state index in [0.717, 1.165) is 211 Å². The third kappa shape index (κ3) is 69.2. The fourth-order valence-electron chi connectivity index (χ4n) is 19.7. The standard InChI is InChI=1S/C27H46O4.C26H42O6.C26H44O4.C26H46O2.8CH4/c1-3-5-7-12-15-22-19-20-23(16-13-9-8-10-14-18-26(28)29)25(21-27(30)31)24(22)17-11-6-4-2;1-2-3-8-12-20-17-18-21(13-9-6-4-5-7-10-15-24(27)28)23(19-26(31)32)22(20)14-11-16-25(29)30;1-3-5-11-14-21-18-19-22(15-12-9-7-8-10-13-17-25(27)28)24(20-26(29)30)23(21)16-6-4-2;1-4-7-9-13-16-22-20-21-23(25(18-8-5-2)24(22)6-3)17-14-11-10-12-15-19-26(27)28;;;;;;;;/h6,11,19-20,22-25H,3-5,7-10,12-18,21H2,1-2H3,(H,28,29)(H,30,31);11,14,17-18,20-23H,2-10,12-13,15-16,19H2,1H3,(H,27,28)(H,29,30)(H,31,32);6,16,18-19,21-24H,3-5,7-15,17,20H2,1-2H3,(H,27,28)(H,29,30);8,18,20-25H,4-7,9-17,19H2,1-3H3,(H,27,28);8*1H4. The predicted molar refractivity (Wildman–Crippen MR) is 552 cm³/mol. The molecule has 0 aromatic heterocycles. The Bertz CT molecular complexity index is 2940. The zero-order valence-electron chi connectivity index (χ0n) is 77.6. The van der Waals surface area contributed by atoms with E-state index in [0.29, 0.717) is 53.8 Å². The summed E-state index contributed by atoms with van der Waals surface area (Å²) in [6.07, 6.45) is 93.0. The smallest absolute Gasteiger partial charge is 0.307 e. The fraction of sp³-hybridized carbons (Fsp3) is 0.788. The van der Waals surface area contributed by atoms with Crippen molar-refractivity contribution < 1.29 is 79.2 Å². The van der Waals surface area contributed by atoms with Crippen molar-refractivity contribution >= 4 is 47.8 Å². The third-order valence-electron chi connectivity index (χ3n) is 26.3. The molecule has 4 rings (SSSR count). The molecule has 16 atom stereocenters. The van der Waals surface area contributed by atoms with Crippen LogP contribution in [0.3, 0.4) is 0 Å². The first-order chi connectivity index (χ1) is 58.5. The van der Waals surface area contributed by atoms with Gasteiger partial charge in [-0.05, 0) is 197 Å². The Balaban J connectivity index is -0.000000247. The van der Waals surface area contributed by atoms with Gasteiger partial charge in [-0.3, -0.25) is 38.4 Å². The van der Waals surface area contributed by atoms with Crippen LogP contribution in [0.15, 0.2) is 97.2 Å². The molecule has 16 nitrogen and oxygen atoms in total. The normalized spacial score (nSPS) is 22.2. The number of unbranched alkanes of at least 4 members (excludes halogenated alkanes) is 28. The summed E-state index contributed by atoms with van der Waals surface area (Å²) in [5.74, 6) is 0.474. The average molecular weight is 1820 g/mol. The minimum atomic E-state index is -0.871. The first kappa shape index (κ1) is 138. The van der Waals surface area contributed by atoms with Crippen LogP contribution in [0.25, 0.3) is 0 Å². The van der Waals surface area contributed by atoms with Crippen LogP contribution in [0, 0.1) is 94.7 Å². The zero-order valence-corrected chi connectivity index (χ0v) is 77.6. The molecule has 758 valence electrons. The second-order valence-corrected chi connectivity index (χ2v) is 36.1. The average Bonchev–Trinajstić information content (AvgIpc) is 0.842. The summed E-state index contributed by atoms with van der Waals surface area (Å²) in [6.45, 7) is 17.8. The molecule has 0 fully saturated rings. The molecule has 4 aliphatic rings. The molecule has 0 saturated heterocycles. The van der Waals surface area contributed by atoms with Gasteiger partial charge in [0.05, 0.1) is 6.42 Å². The Morgan fingerprint density at radius 3 is 0.705 bits per heavy atom. The number of hydrogen-bond acceptors (Lipinski definition) is 8. The molecule has 8 N–H and O–H groups in total. The summed E-state index contributed by atoms with van der Waals surface area (Å²) in [7, 11) is 0. The van der Waals surface area contributed by atoms with Gasteiger partial charge in [-0.25, -0.2) is 0 Å².